The molecule has 0 spiro atoms. The van der Waals surface area contributed by atoms with Crippen LogP contribution in [0.2, 0.25) is 0 Å². The van der Waals surface area contributed by atoms with Crippen LogP contribution in [0.3, 0.4) is 0 Å². The van der Waals surface area contributed by atoms with Gasteiger partial charge in [0.2, 0.25) is 0 Å². The Bertz CT molecular complexity index is 603. The molecule has 0 aromatic carbocycles. The van der Waals surface area contributed by atoms with Gasteiger partial charge in [-0.25, -0.2) is 9.97 Å². The lowest BCUT2D eigenvalue weighted by molar-refractivity contribution is 0.768. The van der Waals surface area contributed by atoms with Crippen LogP contribution in [0.5, 0.6) is 0 Å². The van der Waals surface area contributed by atoms with Gasteiger partial charge in [-0.15, -0.1) is 0 Å². The van der Waals surface area contributed by atoms with E-state index in [4.69, 9.17) is 4.98 Å². The van der Waals surface area contributed by atoms with E-state index in [2.05, 4.69) is 44.9 Å². The number of aromatic nitrogens is 4. The molecule has 1 N–H and O–H groups in total. The summed E-state index contributed by atoms with van der Waals surface area (Å²) < 4.78 is 2.93. The van der Waals surface area contributed by atoms with E-state index in [0.717, 1.165) is 27.5 Å². The second kappa shape index (κ2) is 5.07. The average molecular weight is 369 g/mol. The van der Waals surface area contributed by atoms with Crippen LogP contribution in [-0.2, 0) is 7.05 Å². The summed E-state index contributed by atoms with van der Waals surface area (Å²) in [5, 5.41) is 7.72. The molecule has 1 saturated carbocycles. The van der Waals surface area contributed by atoms with Gasteiger partial charge in [-0.05, 0) is 48.4 Å². The zero-order chi connectivity index (χ0) is 13.4. The maximum Gasteiger partial charge on any atom is 0.182 e. The summed E-state index contributed by atoms with van der Waals surface area (Å²) in [6.07, 6.45) is 4.39. The second-order valence-corrected chi connectivity index (χ2v) is 5.85. The van der Waals surface area contributed by atoms with Crippen molar-refractivity contribution < 1.29 is 0 Å². The predicted molar refractivity (Wildman–Crippen MR) is 83.1 cm³/mol. The highest BCUT2D eigenvalue weighted by atomic mass is 127. The van der Waals surface area contributed by atoms with Gasteiger partial charge in [0, 0.05) is 25.7 Å². The molecule has 0 bridgehead atoms. The summed E-state index contributed by atoms with van der Waals surface area (Å²) in [5.74, 6) is 2.26. The summed E-state index contributed by atoms with van der Waals surface area (Å²) in [7, 11) is 1.91. The number of hydrogen-bond acceptors (Lipinski definition) is 4. The monoisotopic (exact) mass is 369 g/mol. The molecule has 2 aromatic rings. The number of aryl methyl sites for hydroxylation is 1. The van der Waals surface area contributed by atoms with Crippen molar-refractivity contribution in [3.8, 4) is 11.5 Å². The van der Waals surface area contributed by atoms with Crippen molar-refractivity contribution in [3.63, 3.8) is 0 Å². The highest BCUT2D eigenvalue weighted by molar-refractivity contribution is 14.1. The first kappa shape index (κ1) is 12.8. The Morgan fingerprint density at radius 2 is 2.21 bits per heavy atom. The number of nitrogens with zero attached hydrogens (tertiary/aromatic N) is 4. The van der Waals surface area contributed by atoms with Crippen LogP contribution < -0.4 is 5.32 Å². The molecular formula is C13H16IN5. The Morgan fingerprint density at radius 3 is 2.79 bits per heavy atom. The van der Waals surface area contributed by atoms with E-state index < -0.39 is 0 Å². The number of anilines is 1. The van der Waals surface area contributed by atoms with E-state index in [1.807, 2.05) is 19.3 Å². The largest absolute Gasteiger partial charge is 0.369 e. The molecule has 2 aromatic heterocycles. The van der Waals surface area contributed by atoms with Crippen molar-refractivity contribution in [3.05, 3.63) is 21.5 Å². The highest BCUT2D eigenvalue weighted by Gasteiger charge is 2.29. The van der Waals surface area contributed by atoms with Crippen molar-refractivity contribution >= 4 is 28.4 Å². The molecule has 100 valence electrons. The molecule has 0 atom stereocenters. The van der Waals surface area contributed by atoms with Crippen LogP contribution in [0.1, 0.15) is 31.4 Å². The van der Waals surface area contributed by atoms with Gasteiger partial charge < -0.3 is 5.32 Å². The second-order valence-electron chi connectivity index (χ2n) is 4.77. The fraction of sp³-hybridized carbons (Fsp3) is 0.462. The van der Waals surface area contributed by atoms with Gasteiger partial charge in [0.15, 0.2) is 5.82 Å². The molecule has 5 nitrogen and oxygen atoms in total. The molecule has 2 heterocycles. The van der Waals surface area contributed by atoms with E-state index in [-0.39, 0.29) is 0 Å². The maximum absolute atomic E-state index is 4.73. The van der Waals surface area contributed by atoms with Gasteiger partial charge in [0.25, 0.3) is 0 Å². The molecule has 19 heavy (non-hydrogen) atoms. The van der Waals surface area contributed by atoms with Crippen molar-refractivity contribution in [2.75, 3.05) is 11.9 Å². The standard InChI is InChI=1S/C13H16IN5/c1-3-15-13-10(14)11(8-4-5-8)16-12(17-13)9-6-7-19(2)18-9/h6-8H,3-5H2,1-2H3,(H,15,16,17). The van der Waals surface area contributed by atoms with E-state index >= 15 is 0 Å². The van der Waals surface area contributed by atoms with E-state index in [1.165, 1.54) is 18.5 Å². The first-order valence-electron chi connectivity index (χ1n) is 6.50. The van der Waals surface area contributed by atoms with Crippen molar-refractivity contribution in [1.29, 1.82) is 0 Å². The lowest BCUT2D eigenvalue weighted by Gasteiger charge is -2.10. The molecule has 0 saturated heterocycles. The van der Waals surface area contributed by atoms with Gasteiger partial charge in [-0.1, -0.05) is 0 Å². The van der Waals surface area contributed by atoms with Crippen LogP contribution in [0.4, 0.5) is 5.82 Å². The van der Waals surface area contributed by atoms with Gasteiger partial charge in [-0.2, -0.15) is 5.10 Å². The van der Waals surface area contributed by atoms with Crippen molar-refractivity contribution in [1.82, 2.24) is 19.7 Å². The Balaban J connectivity index is 2.08. The molecule has 0 unspecified atom stereocenters. The first-order chi connectivity index (χ1) is 9.19. The smallest absolute Gasteiger partial charge is 0.182 e. The lowest BCUT2D eigenvalue weighted by atomic mass is 10.2. The van der Waals surface area contributed by atoms with E-state index in [9.17, 15) is 0 Å². The molecule has 1 aliphatic carbocycles. The molecular weight excluding hydrogens is 353 g/mol. The lowest BCUT2D eigenvalue weighted by Crippen LogP contribution is -2.08. The number of hydrogen-bond donors (Lipinski definition) is 1. The third-order valence-electron chi connectivity index (χ3n) is 3.13. The fourth-order valence-corrected chi connectivity index (χ4v) is 2.90. The van der Waals surface area contributed by atoms with Crippen molar-refractivity contribution in [2.24, 2.45) is 7.05 Å². The molecule has 1 aliphatic rings. The Labute approximate surface area is 126 Å². The van der Waals surface area contributed by atoms with Gasteiger partial charge in [0.1, 0.15) is 11.5 Å². The fourth-order valence-electron chi connectivity index (χ4n) is 2.03. The third-order valence-corrected chi connectivity index (χ3v) is 4.19. The van der Waals surface area contributed by atoms with Crippen LogP contribution in [0.15, 0.2) is 12.3 Å². The minimum Gasteiger partial charge on any atom is -0.369 e. The van der Waals surface area contributed by atoms with Gasteiger partial charge in [0.05, 0.1) is 9.26 Å². The minimum absolute atomic E-state index is 0.606. The number of rotatable bonds is 4. The number of halogens is 1. The Morgan fingerprint density at radius 1 is 1.42 bits per heavy atom. The normalized spacial score (nSPS) is 14.7. The molecule has 0 aliphatic heterocycles. The highest BCUT2D eigenvalue weighted by Crippen LogP contribution is 2.42. The summed E-state index contributed by atoms with van der Waals surface area (Å²) in [6.45, 7) is 2.94. The molecule has 3 rings (SSSR count). The topological polar surface area (TPSA) is 55.6 Å². The zero-order valence-corrected chi connectivity index (χ0v) is 13.2. The summed E-state index contributed by atoms with van der Waals surface area (Å²) >= 11 is 2.35. The van der Waals surface area contributed by atoms with Gasteiger partial charge in [-0.3, -0.25) is 4.68 Å². The van der Waals surface area contributed by atoms with Crippen LogP contribution in [-0.4, -0.2) is 26.3 Å². The van der Waals surface area contributed by atoms with Gasteiger partial charge >= 0.3 is 0 Å². The quantitative estimate of drug-likeness (QED) is 0.843. The van der Waals surface area contributed by atoms with Crippen LogP contribution in [0, 0.1) is 3.57 Å². The summed E-state index contributed by atoms with van der Waals surface area (Å²) in [5.41, 5.74) is 2.01. The van der Waals surface area contributed by atoms with Crippen molar-refractivity contribution in [2.45, 2.75) is 25.7 Å². The Kier molecular flexibility index (Phi) is 3.42. The SMILES string of the molecule is CCNc1nc(-c2ccn(C)n2)nc(C2CC2)c1I. The predicted octanol–water partition coefficient (Wildman–Crippen LogP) is 2.79. The van der Waals surface area contributed by atoms with E-state index in [1.54, 1.807) is 4.68 Å². The average Bonchev–Trinajstić information content (AvgIpc) is 3.14. The van der Waals surface area contributed by atoms with E-state index in [0.29, 0.717) is 5.92 Å². The minimum atomic E-state index is 0.606. The molecule has 0 amide bonds. The third kappa shape index (κ3) is 2.58. The maximum atomic E-state index is 4.73. The van der Waals surface area contributed by atoms with Crippen LogP contribution in [0.25, 0.3) is 11.5 Å². The molecule has 6 heteroatoms. The molecule has 1 fully saturated rings. The first-order valence-corrected chi connectivity index (χ1v) is 7.58. The molecule has 0 radical (unpaired) electrons. The van der Waals surface area contributed by atoms with Crippen LogP contribution >= 0.6 is 22.6 Å². The zero-order valence-electron chi connectivity index (χ0n) is 11.0. The Hall–Kier alpha value is -1.18. The summed E-state index contributed by atoms with van der Waals surface area (Å²) in [4.78, 5) is 9.34. The number of nitrogens with one attached hydrogen (secondary N) is 1. The summed E-state index contributed by atoms with van der Waals surface area (Å²) in [6, 6.07) is 1.95.